The van der Waals surface area contributed by atoms with Crippen molar-refractivity contribution >= 4 is 23.2 Å². The molecule has 1 N–H and O–H groups in total. The Hall–Kier alpha value is -3.20. The van der Waals surface area contributed by atoms with Crippen LogP contribution in [0.5, 0.6) is 0 Å². The zero-order chi connectivity index (χ0) is 17.5. The molecule has 0 spiro atoms. The number of anilines is 2. The lowest BCUT2D eigenvalue weighted by Gasteiger charge is -2.21. The van der Waals surface area contributed by atoms with Crippen molar-refractivity contribution in [2.45, 2.75) is 13.3 Å². The van der Waals surface area contributed by atoms with Crippen molar-refractivity contribution in [3.63, 3.8) is 0 Å². The van der Waals surface area contributed by atoms with E-state index >= 15 is 0 Å². The second kappa shape index (κ2) is 7.88. The molecule has 0 radical (unpaired) electrons. The number of carbonyl (C=O) groups excluding carboxylic acids is 2. The van der Waals surface area contributed by atoms with Gasteiger partial charge in [-0.3, -0.25) is 9.59 Å². The van der Waals surface area contributed by atoms with E-state index in [1.807, 2.05) is 6.07 Å². The molecule has 2 aromatic rings. The summed E-state index contributed by atoms with van der Waals surface area (Å²) < 4.78 is 13.8. The summed E-state index contributed by atoms with van der Waals surface area (Å²) in [7, 11) is 0. The van der Waals surface area contributed by atoms with Crippen LogP contribution in [0.15, 0.2) is 48.5 Å². The first-order chi connectivity index (χ1) is 11.5. The van der Waals surface area contributed by atoms with E-state index in [9.17, 15) is 14.0 Å². The fourth-order valence-electron chi connectivity index (χ4n) is 2.18. The topological polar surface area (TPSA) is 73.2 Å². The number of carbonyl (C=O) groups is 2. The van der Waals surface area contributed by atoms with Crippen molar-refractivity contribution in [1.29, 1.82) is 5.26 Å². The number of rotatable bonds is 5. The van der Waals surface area contributed by atoms with Crippen molar-refractivity contribution in [3.05, 3.63) is 59.9 Å². The molecule has 122 valence electrons. The second-order valence-electron chi connectivity index (χ2n) is 5.11. The molecule has 0 fully saturated rings. The molecule has 0 aliphatic carbocycles. The van der Waals surface area contributed by atoms with Gasteiger partial charge in [-0.05, 0) is 36.4 Å². The van der Waals surface area contributed by atoms with E-state index < -0.39 is 5.82 Å². The Morgan fingerprint density at radius 2 is 1.83 bits per heavy atom. The van der Waals surface area contributed by atoms with Crippen LogP contribution >= 0.6 is 0 Å². The Bertz CT molecular complexity index is 782. The van der Waals surface area contributed by atoms with Crippen molar-refractivity contribution in [2.75, 3.05) is 16.8 Å². The number of nitriles is 1. The number of halogens is 1. The predicted octanol–water partition coefficient (Wildman–Crippen LogP) is 3.08. The van der Waals surface area contributed by atoms with Gasteiger partial charge in [-0.15, -0.1) is 0 Å². The van der Waals surface area contributed by atoms with Gasteiger partial charge < -0.3 is 10.2 Å². The molecule has 0 bridgehead atoms. The van der Waals surface area contributed by atoms with Crippen LogP contribution in [0.25, 0.3) is 0 Å². The van der Waals surface area contributed by atoms with Crippen molar-refractivity contribution < 1.29 is 14.0 Å². The zero-order valence-electron chi connectivity index (χ0n) is 13.1. The van der Waals surface area contributed by atoms with Gasteiger partial charge in [0.15, 0.2) is 0 Å². The average molecular weight is 325 g/mol. The first-order valence-electron chi connectivity index (χ1n) is 7.34. The van der Waals surface area contributed by atoms with E-state index in [0.29, 0.717) is 11.3 Å². The SMILES string of the molecule is CC(=O)N(CCC(=O)Nc1ccc(C#N)cc1)c1ccccc1F. The van der Waals surface area contributed by atoms with Gasteiger partial charge in [-0.1, -0.05) is 12.1 Å². The highest BCUT2D eigenvalue weighted by Gasteiger charge is 2.16. The third-order valence-electron chi connectivity index (χ3n) is 3.38. The van der Waals surface area contributed by atoms with Crippen LogP contribution in [0.4, 0.5) is 15.8 Å². The maximum absolute atomic E-state index is 13.8. The van der Waals surface area contributed by atoms with E-state index in [0.717, 1.165) is 0 Å². The van der Waals surface area contributed by atoms with E-state index in [-0.39, 0.29) is 30.5 Å². The molecule has 5 nitrogen and oxygen atoms in total. The summed E-state index contributed by atoms with van der Waals surface area (Å²) >= 11 is 0. The maximum Gasteiger partial charge on any atom is 0.226 e. The molecule has 0 aliphatic rings. The van der Waals surface area contributed by atoms with Crippen LogP contribution < -0.4 is 10.2 Å². The predicted molar refractivity (Wildman–Crippen MR) is 88.8 cm³/mol. The average Bonchev–Trinajstić information content (AvgIpc) is 2.57. The van der Waals surface area contributed by atoms with Gasteiger partial charge in [-0.25, -0.2) is 4.39 Å². The highest BCUT2D eigenvalue weighted by Crippen LogP contribution is 2.19. The molecule has 0 aromatic heterocycles. The first kappa shape index (κ1) is 17.2. The lowest BCUT2D eigenvalue weighted by molar-refractivity contribution is -0.117. The Kier molecular flexibility index (Phi) is 5.63. The van der Waals surface area contributed by atoms with Crippen LogP contribution in [-0.2, 0) is 9.59 Å². The summed E-state index contributed by atoms with van der Waals surface area (Å²) in [5.41, 5.74) is 1.20. The fourth-order valence-corrected chi connectivity index (χ4v) is 2.18. The van der Waals surface area contributed by atoms with Gasteiger partial charge in [0.2, 0.25) is 11.8 Å². The van der Waals surface area contributed by atoms with Crippen LogP contribution in [-0.4, -0.2) is 18.4 Å². The first-order valence-corrected chi connectivity index (χ1v) is 7.34. The number of hydrogen-bond donors (Lipinski definition) is 1. The molecule has 0 heterocycles. The minimum Gasteiger partial charge on any atom is -0.326 e. The molecule has 0 atom stereocenters. The Labute approximate surface area is 139 Å². The van der Waals surface area contributed by atoms with Gasteiger partial charge in [0.1, 0.15) is 5.82 Å². The molecule has 24 heavy (non-hydrogen) atoms. The van der Waals surface area contributed by atoms with Gasteiger partial charge in [0.05, 0.1) is 17.3 Å². The van der Waals surface area contributed by atoms with E-state index in [1.165, 1.54) is 30.0 Å². The molecule has 2 aromatic carbocycles. The van der Waals surface area contributed by atoms with Crippen LogP contribution in [0.3, 0.4) is 0 Å². The smallest absolute Gasteiger partial charge is 0.226 e. The Balaban J connectivity index is 1.99. The van der Waals surface area contributed by atoms with Gasteiger partial charge in [0, 0.05) is 25.6 Å². The van der Waals surface area contributed by atoms with Crippen molar-refractivity contribution in [3.8, 4) is 6.07 Å². The third-order valence-corrected chi connectivity index (χ3v) is 3.38. The number of amides is 2. The summed E-state index contributed by atoms with van der Waals surface area (Å²) in [4.78, 5) is 25.0. The highest BCUT2D eigenvalue weighted by atomic mass is 19.1. The second-order valence-corrected chi connectivity index (χ2v) is 5.11. The minimum atomic E-state index is -0.514. The normalized spacial score (nSPS) is 9.88. The monoisotopic (exact) mass is 325 g/mol. The molecular weight excluding hydrogens is 309 g/mol. The van der Waals surface area contributed by atoms with Crippen molar-refractivity contribution in [2.24, 2.45) is 0 Å². The molecule has 2 amide bonds. The Morgan fingerprint density at radius 1 is 1.17 bits per heavy atom. The molecular formula is C18H16FN3O2. The van der Waals surface area contributed by atoms with E-state index in [2.05, 4.69) is 5.32 Å². The van der Waals surface area contributed by atoms with E-state index in [1.54, 1.807) is 30.3 Å². The summed E-state index contributed by atoms with van der Waals surface area (Å²) in [6, 6.07) is 14.3. The number of nitrogens with zero attached hydrogens (tertiary/aromatic N) is 2. The number of hydrogen-bond acceptors (Lipinski definition) is 3. The van der Waals surface area contributed by atoms with Crippen molar-refractivity contribution in [1.82, 2.24) is 0 Å². The standard InChI is InChI=1S/C18H16FN3O2/c1-13(23)22(17-5-3-2-4-16(17)19)11-10-18(24)21-15-8-6-14(12-20)7-9-15/h2-9H,10-11H2,1H3,(H,21,24). The van der Waals surface area contributed by atoms with Crippen LogP contribution in [0.1, 0.15) is 18.9 Å². The lowest BCUT2D eigenvalue weighted by atomic mass is 10.2. The van der Waals surface area contributed by atoms with Gasteiger partial charge >= 0.3 is 0 Å². The van der Waals surface area contributed by atoms with Crippen LogP contribution in [0, 0.1) is 17.1 Å². The molecule has 0 saturated carbocycles. The van der Waals surface area contributed by atoms with E-state index in [4.69, 9.17) is 5.26 Å². The zero-order valence-corrected chi connectivity index (χ0v) is 13.1. The molecule has 0 saturated heterocycles. The quantitative estimate of drug-likeness (QED) is 0.918. The largest absolute Gasteiger partial charge is 0.326 e. The minimum absolute atomic E-state index is 0.0217. The highest BCUT2D eigenvalue weighted by molar-refractivity contribution is 5.94. The number of para-hydroxylation sites is 1. The van der Waals surface area contributed by atoms with Crippen LogP contribution in [0.2, 0.25) is 0 Å². The summed E-state index contributed by atoms with van der Waals surface area (Å²) in [5, 5.41) is 11.4. The molecule has 6 heteroatoms. The number of benzene rings is 2. The van der Waals surface area contributed by atoms with Gasteiger partial charge in [0.25, 0.3) is 0 Å². The number of nitrogens with one attached hydrogen (secondary N) is 1. The third kappa shape index (κ3) is 4.40. The summed E-state index contributed by atoms with van der Waals surface area (Å²) in [5.74, 6) is -1.16. The molecule has 0 aliphatic heterocycles. The molecule has 0 unspecified atom stereocenters. The molecule has 2 rings (SSSR count). The lowest BCUT2D eigenvalue weighted by Crippen LogP contribution is -2.32. The Morgan fingerprint density at radius 3 is 2.42 bits per heavy atom. The summed E-state index contributed by atoms with van der Waals surface area (Å²) in [6.45, 7) is 1.39. The maximum atomic E-state index is 13.8. The van der Waals surface area contributed by atoms with Gasteiger partial charge in [-0.2, -0.15) is 5.26 Å². The fraction of sp³-hybridized carbons (Fsp3) is 0.167. The summed E-state index contributed by atoms with van der Waals surface area (Å²) in [6.07, 6.45) is 0.0217.